The third-order valence-electron chi connectivity index (χ3n) is 14.3. The number of hydrogen-bond donors (Lipinski definition) is 2. The van der Waals surface area contributed by atoms with Crippen LogP contribution >= 0.6 is 0 Å². The van der Waals surface area contributed by atoms with Crippen molar-refractivity contribution in [2.45, 2.75) is 116 Å². The standard InChI is InChI=1S/2C30H33FN2O3/c2*1-19-29(17-33(32-19)16-21-9-10-21)30(34)28-15-24(35-3)14-27(28)25-12-11-23(31)13-26(25)20(2)36-18-22-7-5-4-6-8-22/h2*4-8,11-15,17,20-21,27,30,34H,9-10,16,18H2,1-3H3/t2*20-,27?,30?/m11/s1. The van der Waals surface area contributed by atoms with Gasteiger partial charge in [-0.05, 0) is 158 Å². The second-order valence-corrected chi connectivity index (χ2v) is 19.7. The first kappa shape index (κ1) is 50.5. The first-order valence-electron chi connectivity index (χ1n) is 25.1. The summed E-state index contributed by atoms with van der Waals surface area (Å²) in [4.78, 5) is 0. The van der Waals surface area contributed by atoms with Crippen LogP contribution in [0.2, 0.25) is 0 Å². The van der Waals surface area contributed by atoms with Crippen LogP contribution in [0.25, 0.3) is 0 Å². The predicted octanol–water partition coefficient (Wildman–Crippen LogP) is 12.6. The van der Waals surface area contributed by atoms with E-state index < -0.39 is 12.2 Å². The number of nitrogens with zero attached hydrogens (tertiary/aromatic N) is 4. The van der Waals surface area contributed by atoms with Gasteiger partial charge < -0.3 is 29.2 Å². The van der Waals surface area contributed by atoms with Crippen molar-refractivity contribution in [3.63, 3.8) is 0 Å². The first-order valence-corrected chi connectivity index (χ1v) is 25.1. The summed E-state index contributed by atoms with van der Waals surface area (Å²) in [6.07, 6.45) is 14.2. The molecule has 0 aliphatic heterocycles. The number of methoxy groups -OCH3 is 2. The molecule has 0 spiro atoms. The normalized spacial score (nSPS) is 19.1. The zero-order valence-electron chi connectivity index (χ0n) is 42.0. The molecule has 2 saturated carbocycles. The molecule has 10 rings (SSSR count). The van der Waals surface area contributed by atoms with Crippen LogP contribution in [0, 0.1) is 37.3 Å². The van der Waals surface area contributed by atoms with Crippen molar-refractivity contribution in [3.8, 4) is 0 Å². The van der Waals surface area contributed by atoms with E-state index in [1.54, 1.807) is 26.4 Å². The lowest BCUT2D eigenvalue weighted by Gasteiger charge is -2.24. The molecule has 2 aromatic heterocycles. The maximum atomic E-state index is 14.4. The highest BCUT2D eigenvalue weighted by Crippen LogP contribution is 2.46. The van der Waals surface area contributed by atoms with Gasteiger partial charge >= 0.3 is 0 Å². The molecule has 0 radical (unpaired) electrons. The molecule has 12 heteroatoms. The van der Waals surface area contributed by atoms with Crippen LogP contribution < -0.4 is 0 Å². The van der Waals surface area contributed by atoms with Crippen molar-refractivity contribution in [2.24, 2.45) is 11.8 Å². The number of benzene rings is 4. The Hall–Kier alpha value is -6.44. The van der Waals surface area contributed by atoms with Crippen LogP contribution in [0.1, 0.15) is 132 Å². The molecule has 72 heavy (non-hydrogen) atoms. The molecule has 2 fully saturated rings. The number of aliphatic hydroxyl groups excluding tert-OH is 2. The zero-order valence-corrected chi connectivity index (χ0v) is 42.0. The van der Waals surface area contributed by atoms with Gasteiger partial charge in [0.2, 0.25) is 0 Å². The maximum Gasteiger partial charge on any atom is 0.123 e. The summed E-state index contributed by atoms with van der Waals surface area (Å²) in [6, 6.07) is 29.4. The molecule has 6 aromatic rings. The smallest absolute Gasteiger partial charge is 0.123 e. The van der Waals surface area contributed by atoms with Gasteiger partial charge in [-0.1, -0.05) is 72.8 Å². The van der Waals surface area contributed by atoms with E-state index in [4.69, 9.17) is 18.9 Å². The fraction of sp³-hybridized carbons (Fsp3) is 0.367. The second kappa shape index (κ2) is 22.5. The van der Waals surface area contributed by atoms with Crippen molar-refractivity contribution < 1.29 is 37.9 Å². The molecule has 10 nitrogen and oxygen atoms in total. The van der Waals surface area contributed by atoms with Crippen molar-refractivity contribution in [1.29, 1.82) is 0 Å². The quantitative estimate of drug-likeness (QED) is 0.0778. The van der Waals surface area contributed by atoms with E-state index in [9.17, 15) is 19.0 Å². The number of aliphatic hydroxyl groups is 2. The second-order valence-electron chi connectivity index (χ2n) is 19.7. The molecule has 6 atom stereocenters. The van der Waals surface area contributed by atoms with Crippen molar-refractivity contribution >= 4 is 0 Å². The molecule has 2 N–H and O–H groups in total. The highest BCUT2D eigenvalue weighted by atomic mass is 19.1. The van der Waals surface area contributed by atoms with E-state index in [0.29, 0.717) is 36.6 Å². The van der Waals surface area contributed by atoms with Gasteiger partial charge in [0.25, 0.3) is 0 Å². The molecule has 0 saturated heterocycles. The average molecular weight is 977 g/mol. The van der Waals surface area contributed by atoms with Crippen LogP contribution in [-0.2, 0) is 45.3 Å². The molecular weight excluding hydrogens is 911 g/mol. The Morgan fingerprint density at radius 1 is 0.569 bits per heavy atom. The van der Waals surface area contributed by atoms with Gasteiger partial charge in [-0.25, -0.2) is 8.78 Å². The Morgan fingerprint density at radius 3 is 1.32 bits per heavy atom. The fourth-order valence-corrected chi connectivity index (χ4v) is 9.83. The van der Waals surface area contributed by atoms with Gasteiger partial charge in [0.15, 0.2) is 0 Å². The van der Waals surface area contributed by atoms with E-state index in [0.717, 1.165) is 80.1 Å². The fourth-order valence-electron chi connectivity index (χ4n) is 9.83. The summed E-state index contributed by atoms with van der Waals surface area (Å²) in [6.45, 7) is 10.3. The summed E-state index contributed by atoms with van der Waals surface area (Å²) in [5.41, 5.74) is 10.2. The Labute approximate surface area is 421 Å². The molecule has 4 unspecified atom stereocenters. The topological polar surface area (TPSA) is 113 Å². The lowest BCUT2D eigenvalue weighted by atomic mass is 9.84. The minimum Gasteiger partial charge on any atom is -0.497 e. The van der Waals surface area contributed by atoms with Gasteiger partial charge in [0, 0.05) is 48.4 Å². The summed E-state index contributed by atoms with van der Waals surface area (Å²) in [5, 5.41) is 32.3. The van der Waals surface area contributed by atoms with E-state index in [-0.39, 0.29) is 35.7 Å². The van der Waals surface area contributed by atoms with Gasteiger partial charge in [0.05, 0.1) is 51.0 Å². The summed E-state index contributed by atoms with van der Waals surface area (Å²) in [7, 11) is 3.23. The lowest BCUT2D eigenvalue weighted by Crippen LogP contribution is -2.12. The summed E-state index contributed by atoms with van der Waals surface area (Å²) < 4.78 is 56.1. The van der Waals surface area contributed by atoms with E-state index in [1.807, 2.05) is 134 Å². The van der Waals surface area contributed by atoms with Crippen molar-refractivity contribution in [3.05, 3.63) is 224 Å². The van der Waals surface area contributed by atoms with Crippen LogP contribution in [-0.4, -0.2) is 44.0 Å². The minimum absolute atomic E-state index is 0.278. The average Bonchev–Trinajstić information content (AvgIpc) is 4.20. The van der Waals surface area contributed by atoms with Crippen LogP contribution in [0.5, 0.6) is 0 Å². The third-order valence-corrected chi connectivity index (χ3v) is 14.3. The summed E-state index contributed by atoms with van der Waals surface area (Å²) in [5.74, 6) is 1.53. The number of aryl methyl sites for hydroxylation is 2. The van der Waals surface area contributed by atoms with Crippen molar-refractivity contribution in [2.75, 3.05) is 14.2 Å². The molecule has 2 heterocycles. The van der Waals surface area contributed by atoms with Gasteiger partial charge in [-0.2, -0.15) is 10.2 Å². The molecule has 4 aliphatic carbocycles. The maximum absolute atomic E-state index is 14.4. The van der Waals surface area contributed by atoms with E-state index in [1.165, 1.54) is 49.9 Å². The van der Waals surface area contributed by atoms with Gasteiger partial charge in [-0.15, -0.1) is 0 Å². The highest BCUT2D eigenvalue weighted by molar-refractivity contribution is 5.52. The summed E-state index contributed by atoms with van der Waals surface area (Å²) >= 11 is 0. The Morgan fingerprint density at radius 2 is 0.958 bits per heavy atom. The molecule has 0 amide bonds. The van der Waals surface area contributed by atoms with Crippen LogP contribution in [0.4, 0.5) is 8.78 Å². The van der Waals surface area contributed by atoms with E-state index >= 15 is 0 Å². The Kier molecular flexibility index (Phi) is 15.8. The lowest BCUT2D eigenvalue weighted by molar-refractivity contribution is 0.0516. The van der Waals surface area contributed by atoms with Crippen LogP contribution in [0.15, 0.2) is 156 Å². The van der Waals surface area contributed by atoms with Crippen LogP contribution in [0.3, 0.4) is 0 Å². The number of aromatic nitrogens is 4. The SMILES string of the molecule is COC1=CC(c2ccc(F)cc2[C@@H](C)OCc2ccccc2)C(C(O)c2cn(CC3CC3)nc2C)=C1.COC1=CC(c2ccc(F)cc2[C@@H](C)OCc2ccccc2)C(C(O)c2cn(CC3CC3)nc2C)=C1. The predicted molar refractivity (Wildman–Crippen MR) is 273 cm³/mol. The third kappa shape index (κ3) is 12.1. The largest absolute Gasteiger partial charge is 0.497 e. The molecule has 376 valence electrons. The highest BCUT2D eigenvalue weighted by Gasteiger charge is 2.35. The number of rotatable bonds is 20. The molecule has 4 aliphatic rings. The van der Waals surface area contributed by atoms with Gasteiger partial charge in [0.1, 0.15) is 35.4 Å². The number of halogens is 2. The monoisotopic (exact) mass is 976 g/mol. The molecule has 4 aromatic carbocycles. The Balaban J connectivity index is 0.000000178. The molecular formula is C60H66F2N4O6. The minimum atomic E-state index is -0.856. The first-order chi connectivity index (χ1) is 34.8. The Bertz CT molecular complexity index is 2750. The number of allylic oxidation sites excluding steroid dienone is 4. The molecule has 0 bridgehead atoms. The van der Waals surface area contributed by atoms with Crippen molar-refractivity contribution in [1.82, 2.24) is 19.6 Å². The van der Waals surface area contributed by atoms with Gasteiger partial charge in [-0.3, -0.25) is 9.36 Å². The number of ether oxygens (including phenoxy) is 4. The number of hydrogen-bond acceptors (Lipinski definition) is 8. The van der Waals surface area contributed by atoms with E-state index in [2.05, 4.69) is 10.2 Å². The zero-order chi connectivity index (χ0) is 50.5.